The van der Waals surface area contributed by atoms with Crippen LogP contribution in [0.3, 0.4) is 0 Å². The van der Waals surface area contributed by atoms with Crippen LogP contribution in [-0.2, 0) is 50.0 Å². The van der Waals surface area contributed by atoms with Crippen molar-refractivity contribution in [3.8, 4) is 0 Å². The van der Waals surface area contributed by atoms with E-state index in [1.807, 2.05) is 60.7 Å². The van der Waals surface area contributed by atoms with Crippen molar-refractivity contribution in [1.29, 1.82) is 0 Å². The van der Waals surface area contributed by atoms with Crippen molar-refractivity contribution in [3.63, 3.8) is 0 Å². The molecule has 4 aromatic rings. The molecule has 4 heterocycles. The molecule has 50 heavy (non-hydrogen) atoms. The summed E-state index contributed by atoms with van der Waals surface area (Å²) >= 11 is 0. The molecule has 2 aliphatic heterocycles. The Bertz CT molecular complexity index is 1870. The minimum Gasteiger partial charge on any atom is -0.392 e. The molecule has 7 rings (SSSR count). The fourth-order valence-corrected chi connectivity index (χ4v) is 9.31. The summed E-state index contributed by atoms with van der Waals surface area (Å²) in [6.07, 6.45) is -3.38. The predicted molar refractivity (Wildman–Crippen MR) is 177 cm³/mol. The van der Waals surface area contributed by atoms with Crippen LogP contribution in [0.1, 0.15) is 23.6 Å². The lowest BCUT2D eigenvalue weighted by atomic mass is 10.0. The maximum atomic E-state index is 14.1. The van der Waals surface area contributed by atoms with Crippen molar-refractivity contribution < 1.29 is 47.3 Å². The molecule has 5 N–H and O–H groups in total. The molecule has 0 radical (unpaired) electrons. The quantitative estimate of drug-likeness (QED) is 0.122. The second-order valence-electron chi connectivity index (χ2n) is 12.1. The van der Waals surface area contributed by atoms with Gasteiger partial charge in [-0.1, -0.05) is 67.2 Å². The summed E-state index contributed by atoms with van der Waals surface area (Å²) in [7, 11) is -6.70. The van der Waals surface area contributed by atoms with Crippen LogP contribution in [0.4, 0.5) is 5.95 Å². The zero-order valence-corrected chi connectivity index (χ0v) is 28.3. The maximum Gasteiger partial charge on any atom is 0.606 e. The van der Waals surface area contributed by atoms with Gasteiger partial charge in [-0.15, -0.1) is 9.05 Å². The number of nitrogens with one attached hydrogen (secondary N) is 1. The van der Waals surface area contributed by atoms with Gasteiger partial charge in [0.05, 0.1) is 18.5 Å². The first-order valence-electron chi connectivity index (χ1n) is 15.8. The third kappa shape index (κ3) is 6.92. The van der Waals surface area contributed by atoms with E-state index in [4.69, 9.17) is 33.7 Å². The van der Waals surface area contributed by atoms with E-state index in [0.29, 0.717) is 12.8 Å². The molecule has 3 aliphatic rings. The van der Waals surface area contributed by atoms with Crippen LogP contribution in [0.5, 0.6) is 0 Å². The molecule has 2 saturated heterocycles. The van der Waals surface area contributed by atoms with E-state index >= 15 is 0 Å². The van der Waals surface area contributed by atoms with Crippen molar-refractivity contribution in [1.82, 2.24) is 19.5 Å². The van der Waals surface area contributed by atoms with Crippen LogP contribution in [0.2, 0.25) is 0 Å². The Balaban J connectivity index is 1.12. The van der Waals surface area contributed by atoms with E-state index in [1.165, 1.54) is 10.9 Å². The number of imidazole rings is 1. The van der Waals surface area contributed by atoms with Crippen molar-refractivity contribution >= 4 is 33.2 Å². The number of nitrogen functional groups attached to an aromatic ring is 1. The summed E-state index contributed by atoms with van der Waals surface area (Å²) in [6.45, 7) is 3.83. The SMILES string of the molecule is C=C1[C@@H](C(O)([P+](=O)OC2COC(Cc3ccccc3)O2)[P+](=O)OC2COC(Cc3ccccc3)O2)[C@@H](O)C[C@@H]1n1cnc2c(=O)[nH]c(N)nc21. The number of aliphatic hydroxyl groups excluding tert-OH is 1. The Morgan fingerprint density at radius 1 is 0.960 bits per heavy atom. The van der Waals surface area contributed by atoms with Gasteiger partial charge in [-0.05, 0) is 32.3 Å². The molecule has 0 amide bonds. The molecular weight excluding hydrogens is 692 g/mol. The lowest BCUT2D eigenvalue weighted by molar-refractivity contribution is -0.106. The molecule has 9 atom stereocenters. The average molecular weight is 728 g/mol. The summed E-state index contributed by atoms with van der Waals surface area (Å²) in [5.74, 6) is -1.69. The minimum absolute atomic E-state index is 0.0177. The predicted octanol–water partition coefficient (Wildman–Crippen LogP) is 3.23. The van der Waals surface area contributed by atoms with Crippen LogP contribution in [-0.4, -0.2) is 79.3 Å². The van der Waals surface area contributed by atoms with E-state index in [1.54, 1.807) is 0 Å². The molecule has 18 heteroatoms. The molecule has 0 bridgehead atoms. The number of ether oxygens (including phenoxy) is 4. The lowest BCUT2D eigenvalue weighted by Crippen LogP contribution is -2.39. The van der Waals surface area contributed by atoms with E-state index in [-0.39, 0.29) is 42.3 Å². The van der Waals surface area contributed by atoms with Gasteiger partial charge in [0, 0.05) is 12.8 Å². The highest BCUT2D eigenvalue weighted by Gasteiger charge is 2.79. The Hall–Kier alpha value is -3.79. The number of anilines is 1. The Morgan fingerprint density at radius 2 is 1.50 bits per heavy atom. The van der Waals surface area contributed by atoms with Crippen LogP contribution in [0.25, 0.3) is 11.2 Å². The summed E-state index contributed by atoms with van der Waals surface area (Å²) in [4.78, 5) is 23.1. The zero-order valence-electron chi connectivity index (χ0n) is 26.5. The second kappa shape index (κ2) is 14.4. The van der Waals surface area contributed by atoms with Crippen molar-refractivity contribution in [2.75, 3.05) is 18.9 Å². The molecule has 3 fully saturated rings. The van der Waals surface area contributed by atoms with Gasteiger partial charge >= 0.3 is 21.1 Å². The number of nitrogens with zero attached hydrogens (tertiary/aromatic N) is 3. The Morgan fingerprint density at radius 3 is 2.04 bits per heavy atom. The highest BCUT2D eigenvalue weighted by atomic mass is 31.2. The monoisotopic (exact) mass is 727 g/mol. The molecule has 2 aromatic heterocycles. The van der Waals surface area contributed by atoms with E-state index in [2.05, 4.69) is 21.5 Å². The molecule has 6 unspecified atom stereocenters. The number of benzene rings is 2. The molecule has 1 saturated carbocycles. The third-order valence-corrected chi connectivity index (χ3v) is 12.2. The van der Waals surface area contributed by atoms with Crippen LogP contribution >= 0.6 is 16.1 Å². The largest absolute Gasteiger partial charge is 0.606 e. The number of aromatic nitrogens is 4. The standard InChI is InChI=1S/C32H34N5O11P2/c1-18-21(37-17-34-28-29(37)35-31(33)36-30(28)39)14-22(38)27(18)32(40,49(41)47-25-15-43-23(45-25)12-19-8-4-2-5-9-19)50(42)48-26-16-44-24(46-26)13-20-10-6-3-7-11-20/h2-11,17,21-27,38,40H,1,12-16H2,(H2-,33,35,36,39)/q+1/p+1/t21-,22-,23?,24?,25?,26?,27+,32?/m0/s1. The number of hydrogen-bond donors (Lipinski definition) is 4. The molecular formula is C32H35N5O11P2+2. The van der Waals surface area contributed by atoms with Gasteiger partial charge in [0.25, 0.3) is 5.56 Å². The number of aromatic amines is 1. The van der Waals surface area contributed by atoms with Crippen LogP contribution < -0.4 is 11.3 Å². The first-order valence-corrected chi connectivity index (χ1v) is 18.2. The Kier molecular flexibility index (Phi) is 10.0. The van der Waals surface area contributed by atoms with E-state index in [9.17, 15) is 24.1 Å². The van der Waals surface area contributed by atoms with Crippen molar-refractivity contribution in [2.24, 2.45) is 5.92 Å². The van der Waals surface area contributed by atoms with Gasteiger partial charge in [0.1, 0.15) is 19.1 Å². The number of hydrogen-bond acceptors (Lipinski definition) is 14. The summed E-state index contributed by atoms with van der Waals surface area (Å²) in [5.41, 5.74) is 7.24. The molecule has 2 aromatic carbocycles. The number of nitrogens with two attached hydrogens (primary N) is 1. The van der Waals surface area contributed by atoms with Gasteiger partial charge in [0.2, 0.25) is 18.5 Å². The lowest BCUT2D eigenvalue weighted by Gasteiger charge is -2.20. The fraction of sp³-hybridized carbons (Fsp3) is 0.406. The first-order chi connectivity index (χ1) is 24.1. The molecule has 16 nitrogen and oxygen atoms in total. The first kappa shape index (κ1) is 34.6. The van der Waals surface area contributed by atoms with Crippen molar-refractivity contribution in [3.05, 3.63) is 101 Å². The number of H-pyrrole nitrogens is 1. The summed E-state index contributed by atoms with van der Waals surface area (Å²) in [5, 5.41) is 20.9. The van der Waals surface area contributed by atoms with Gasteiger partial charge in [-0.25, -0.2) is 4.98 Å². The fourth-order valence-electron chi connectivity index (χ4n) is 6.41. The summed E-state index contributed by atoms with van der Waals surface area (Å²) in [6, 6.07) is 18.0. The number of rotatable bonds is 12. The minimum atomic E-state index is -3.35. The highest BCUT2D eigenvalue weighted by molar-refractivity contribution is 7.60. The normalized spacial score (nSPS) is 28.6. The molecule has 1 aliphatic carbocycles. The van der Waals surface area contributed by atoms with E-state index in [0.717, 1.165) is 11.1 Å². The van der Waals surface area contributed by atoms with Crippen molar-refractivity contribution in [2.45, 2.75) is 61.7 Å². The highest BCUT2D eigenvalue weighted by Crippen LogP contribution is 2.65. The third-order valence-electron chi connectivity index (χ3n) is 8.78. The molecule has 0 spiro atoms. The van der Waals surface area contributed by atoms with Crippen LogP contribution in [0, 0.1) is 5.92 Å². The van der Waals surface area contributed by atoms with Gasteiger partial charge in [-0.2, -0.15) is 4.98 Å². The number of aliphatic hydroxyl groups is 2. The Labute approximate surface area is 286 Å². The second-order valence-corrected chi connectivity index (χ2v) is 15.3. The summed E-state index contributed by atoms with van der Waals surface area (Å²) < 4.78 is 64.1. The zero-order chi connectivity index (χ0) is 35.0. The van der Waals surface area contributed by atoms with Crippen LogP contribution in [0.15, 0.2) is 83.9 Å². The van der Waals surface area contributed by atoms with Gasteiger partial charge in [0.15, 0.2) is 23.7 Å². The van der Waals surface area contributed by atoms with Gasteiger partial charge in [-0.3, -0.25) is 9.78 Å². The van der Waals surface area contributed by atoms with Gasteiger partial charge < -0.3 is 39.5 Å². The van der Waals surface area contributed by atoms with E-state index < -0.39 is 69.9 Å². The number of fused-ring (bicyclic) bond motifs is 1. The average Bonchev–Trinajstić information content (AvgIpc) is 3.89. The smallest absolute Gasteiger partial charge is 0.392 e. The maximum absolute atomic E-state index is 14.1. The topological polar surface area (TPSA) is 220 Å². The molecule has 262 valence electrons.